The Bertz CT molecular complexity index is 1330. The van der Waals surface area contributed by atoms with Gasteiger partial charge in [0.15, 0.2) is 5.78 Å². The van der Waals surface area contributed by atoms with E-state index in [1.165, 1.54) is 0 Å². The first-order chi connectivity index (χ1) is 15.9. The van der Waals surface area contributed by atoms with Crippen molar-refractivity contribution >= 4 is 40.1 Å². The summed E-state index contributed by atoms with van der Waals surface area (Å²) in [7, 11) is 0. The number of benzene rings is 3. The van der Waals surface area contributed by atoms with Gasteiger partial charge in [-0.25, -0.2) is 0 Å². The largest absolute Gasteiger partial charge is 1.00 e. The Morgan fingerprint density at radius 1 is 0.912 bits per heavy atom. The molecule has 0 aliphatic heterocycles. The monoisotopic (exact) mass is 480 g/mol. The third kappa shape index (κ3) is 5.98. The van der Waals surface area contributed by atoms with E-state index in [1.54, 1.807) is 42.5 Å². The molecule has 8 heteroatoms. The maximum atomic E-state index is 13.6. The van der Waals surface area contributed by atoms with Crippen LogP contribution in [0.3, 0.4) is 0 Å². The number of aromatic nitrogens is 2. The van der Waals surface area contributed by atoms with Crippen molar-refractivity contribution in [3.8, 4) is 5.75 Å². The fourth-order valence-corrected chi connectivity index (χ4v) is 4.08. The van der Waals surface area contributed by atoms with Crippen LogP contribution in [0.25, 0.3) is 16.6 Å². The van der Waals surface area contributed by atoms with E-state index in [9.17, 15) is 14.7 Å². The van der Waals surface area contributed by atoms with Gasteiger partial charge in [-0.1, -0.05) is 36.4 Å². The van der Waals surface area contributed by atoms with E-state index < -0.39 is 5.97 Å². The summed E-state index contributed by atoms with van der Waals surface area (Å²) in [5.41, 5.74) is 2.76. The quantitative estimate of drug-likeness (QED) is 0.213. The van der Waals surface area contributed by atoms with E-state index in [0.717, 1.165) is 17.3 Å². The van der Waals surface area contributed by atoms with Gasteiger partial charge in [0.1, 0.15) is 16.8 Å². The van der Waals surface area contributed by atoms with E-state index in [-0.39, 0.29) is 59.0 Å². The molecule has 4 rings (SSSR count). The van der Waals surface area contributed by atoms with Gasteiger partial charge in [-0.15, -0.1) is 0 Å². The Kier molecular flexibility index (Phi) is 8.74. The molecule has 0 unspecified atom stereocenters. The number of nitrogens with zero attached hydrogens (tertiary/aromatic N) is 2. The van der Waals surface area contributed by atoms with Gasteiger partial charge < -0.3 is 14.6 Å². The van der Waals surface area contributed by atoms with E-state index in [1.807, 2.05) is 44.2 Å². The average molecular weight is 481 g/mol. The number of rotatable bonds is 8. The van der Waals surface area contributed by atoms with E-state index >= 15 is 0 Å². The molecule has 0 spiro atoms. The average Bonchev–Trinajstić information content (AvgIpc) is 3.27. The Morgan fingerprint density at radius 3 is 2.21 bits per heavy atom. The van der Waals surface area contributed by atoms with Crippen molar-refractivity contribution in [1.29, 1.82) is 0 Å². The Labute approximate surface area is 223 Å². The number of hydrogen-bond donors (Lipinski definition) is 0. The van der Waals surface area contributed by atoms with Crippen LogP contribution in [-0.2, 0) is 11.2 Å². The first-order valence-electron chi connectivity index (χ1n) is 10.4. The second-order valence-electron chi connectivity index (χ2n) is 7.79. The summed E-state index contributed by atoms with van der Waals surface area (Å²) in [6.45, 7) is 3.83. The number of carbonyl (C=O) groups excluding carboxylic acids is 2. The molecule has 34 heavy (non-hydrogen) atoms. The van der Waals surface area contributed by atoms with Crippen LogP contribution < -0.4 is 39.4 Å². The number of aliphatic carboxylic acids is 1. The molecule has 0 aliphatic rings. The van der Waals surface area contributed by atoms with Crippen LogP contribution in [0.1, 0.15) is 35.3 Å². The minimum absolute atomic E-state index is 0. The maximum Gasteiger partial charge on any atom is 1.00 e. The first-order valence-corrected chi connectivity index (χ1v) is 11.2. The Hall–Kier alpha value is -2.84. The molecule has 0 N–H and O–H groups in total. The zero-order valence-electron chi connectivity index (χ0n) is 19.1. The summed E-state index contributed by atoms with van der Waals surface area (Å²) < 4.78 is 14.0. The molecule has 0 fully saturated rings. The summed E-state index contributed by atoms with van der Waals surface area (Å²) in [5.74, 6) is -1.17. The van der Waals surface area contributed by atoms with Crippen LogP contribution in [0.2, 0.25) is 0 Å². The van der Waals surface area contributed by atoms with Gasteiger partial charge in [0.05, 0.1) is 23.8 Å². The van der Waals surface area contributed by atoms with Crippen molar-refractivity contribution < 1.29 is 49.0 Å². The van der Waals surface area contributed by atoms with Gasteiger partial charge in [-0.3, -0.25) is 4.79 Å². The van der Waals surface area contributed by atoms with Crippen LogP contribution >= 0.6 is 11.7 Å². The first kappa shape index (κ1) is 25.8. The zero-order chi connectivity index (χ0) is 23.4. The van der Waals surface area contributed by atoms with Crippen LogP contribution in [0, 0.1) is 0 Å². The SMILES string of the molecule is CC(C)Oc1ccc(C(=O)C(Cc2ccccc2)=C(C(=O)[O-])c2ccc3nsnc3c2)cc1.[Na+]. The minimum atomic E-state index is -1.42. The number of allylic oxidation sites excluding steroid dienone is 1. The summed E-state index contributed by atoms with van der Waals surface area (Å²) in [4.78, 5) is 25.9. The van der Waals surface area contributed by atoms with Crippen LogP contribution in [0.5, 0.6) is 5.75 Å². The van der Waals surface area contributed by atoms with Crippen molar-refractivity contribution in [2.45, 2.75) is 26.4 Å². The number of fused-ring (bicyclic) bond motifs is 1. The molecule has 0 amide bonds. The molecule has 0 saturated carbocycles. The number of carboxylic acids is 1. The number of ether oxygens (including phenoxy) is 1. The summed E-state index contributed by atoms with van der Waals surface area (Å²) in [6, 6.07) is 20.9. The van der Waals surface area contributed by atoms with E-state index in [2.05, 4.69) is 8.75 Å². The standard InChI is InChI=1S/C26H22N2O4S.Na/c1-16(2)32-20-11-8-18(9-12-20)25(29)21(14-17-6-4-3-5-7-17)24(26(30)31)19-10-13-22-23(15-19)28-33-27-22;/h3-13,15-16H,14H2,1-2H3,(H,30,31);/q;+1/p-1. The molecule has 0 bridgehead atoms. The summed E-state index contributed by atoms with van der Waals surface area (Å²) >= 11 is 1.04. The van der Waals surface area contributed by atoms with E-state index in [0.29, 0.717) is 27.9 Å². The molecule has 6 nitrogen and oxygen atoms in total. The van der Waals surface area contributed by atoms with Gasteiger partial charge in [0, 0.05) is 23.1 Å². The van der Waals surface area contributed by atoms with Gasteiger partial charge in [0.2, 0.25) is 0 Å². The number of carbonyl (C=O) groups is 2. The summed E-state index contributed by atoms with van der Waals surface area (Å²) in [6.07, 6.45) is 0.139. The predicted octanol–water partition coefficient (Wildman–Crippen LogP) is 1.11. The van der Waals surface area contributed by atoms with Crippen molar-refractivity contribution in [2.75, 3.05) is 0 Å². The second kappa shape index (κ2) is 11.5. The maximum absolute atomic E-state index is 13.6. The smallest absolute Gasteiger partial charge is 0.545 e. The molecule has 1 heterocycles. The van der Waals surface area contributed by atoms with Crippen molar-refractivity contribution in [3.05, 3.63) is 95.1 Å². The Balaban J connectivity index is 0.00000324. The molecule has 4 aromatic rings. The number of carboxylic acid groups (broad SMARTS) is 1. The molecule has 0 atom stereocenters. The normalized spacial score (nSPS) is 11.6. The molecule has 1 aromatic heterocycles. The fraction of sp³-hybridized carbons (Fsp3) is 0.154. The van der Waals surface area contributed by atoms with Crippen molar-refractivity contribution in [2.24, 2.45) is 0 Å². The van der Waals surface area contributed by atoms with Crippen LogP contribution in [0.15, 0.2) is 78.4 Å². The molecule has 166 valence electrons. The van der Waals surface area contributed by atoms with Gasteiger partial charge in [-0.05, 0) is 61.4 Å². The third-order valence-corrected chi connectivity index (χ3v) is 5.59. The molecule has 0 aliphatic carbocycles. The number of hydrogen-bond acceptors (Lipinski definition) is 7. The molecular weight excluding hydrogens is 459 g/mol. The molecule has 0 radical (unpaired) electrons. The summed E-state index contributed by atoms with van der Waals surface area (Å²) in [5, 5.41) is 12.3. The van der Waals surface area contributed by atoms with Gasteiger partial charge in [0.25, 0.3) is 0 Å². The second-order valence-corrected chi connectivity index (χ2v) is 8.32. The molecule has 0 saturated heterocycles. The fourth-order valence-electron chi connectivity index (χ4n) is 3.57. The zero-order valence-corrected chi connectivity index (χ0v) is 22.0. The van der Waals surface area contributed by atoms with Crippen LogP contribution in [-0.4, -0.2) is 26.6 Å². The Morgan fingerprint density at radius 2 is 1.56 bits per heavy atom. The number of Topliss-reactive ketones (excluding diaryl/α,β-unsaturated/α-hetero) is 1. The van der Waals surface area contributed by atoms with Crippen molar-refractivity contribution in [1.82, 2.24) is 8.75 Å². The molecule has 3 aromatic carbocycles. The van der Waals surface area contributed by atoms with Gasteiger partial charge >= 0.3 is 29.6 Å². The van der Waals surface area contributed by atoms with E-state index in [4.69, 9.17) is 4.74 Å². The predicted molar refractivity (Wildman–Crippen MR) is 126 cm³/mol. The van der Waals surface area contributed by atoms with Gasteiger partial charge in [-0.2, -0.15) is 8.75 Å². The number of ketones is 1. The van der Waals surface area contributed by atoms with Crippen molar-refractivity contribution in [3.63, 3.8) is 0 Å². The topological polar surface area (TPSA) is 92.2 Å². The third-order valence-electron chi connectivity index (χ3n) is 5.03. The van der Waals surface area contributed by atoms with Crippen LogP contribution in [0.4, 0.5) is 0 Å². The molecular formula is C26H21N2NaO4S. The minimum Gasteiger partial charge on any atom is -0.545 e.